The molecule has 2 N–H and O–H groups in total. The molecule has 16 heavy (non-hydrogen) atoms. The molecule has 0 aromatic rings. The molecule has 2 aliphatic carbocycles. The van der Waals surface area contributed by atoms with Crippen molar-refractivity contribution in [3.05, 3.63) is 0 Å². The van der Waals surface area contributed by atoms with E-state index >= 15 is 0 Å². The summed E-state index contributed by atoms with van der Waals surface area (Å²) in [7, 11) is 0. The van der Waals surface area contributed by atoms with Gasteiger partial charge < -0.3 is 5.73 Å². The molecular formula is C14H28N2. The topological polar surface area (TPSA) is 29.3 Å². The van der Waals surface area contributed by atoms with Gasteiger partial charge in [-0.15, -0.1) is 0 Å². The van der Waals surface area contributed by atoms with Crippen LogP contribution >= 0.6 is 0 Å². The second kappa shape index (κ2) is 5.50. The third-order valence-electron chi connectivity index (χ3n) is 4.43. The van der Waals surface area contributed by atoms with Crippen molar-refractivity contribution >= 4 is 0 Å². The molecular weight excluding hydrogens is 196 g/mol. The van der Waals surface area contributed by atoms with E-state index in [1.54, 1.807) is 0 Å². The Balaban J connectivity index is 1.97. The Labute approximate surface area is 101 Å². The van der Waals surface area contributed by atoms with Crippen LogP contribution in [0.2, 0.25) is 0 Å². The third-order valence-corrected chi connectivity index (χ3v) is 4.43. The van der Waals surface area contributed by atoms with Crippen molar-refractivity contribution < 1.29 is 0 Å². The molecule has 0 bridgehead atoms. The normalized spacial score (nSPS) is 31.3. The van der Waals surface area contributed by atoms with E-state index in [2.05, 4.69) is 18.7 Å². The summed E-state index contributed by atoms with van der Waals surface area (Å²) in [6.07, 6.45) is 8.47. The summed E-state index contributed by atoms with van der Waals surface area (Å²) in [6, 6.07) is 1.47. The summed E-state index contributed by atoms with van der Waals surface area (Å²) in [5.41, 5.74) is 5.95. The number of nitrogens with zero attached hydrogens (tertiary/aromatic N) is 1. The molecule has 0 saturated heterocycles. The molecule has 2 saturated carbocycles. The van der Waals surface area contributed by atoms with Gasteiger partial charge in [0.15, 0.2) is 0 Å². The quantitative estimate of drug-likeness (QED) is 0.778. The summed E-state index contributed by atoms with van der Waals surface area (Å²) >= 11 is 0. The maximum atomic E-state index is 5.95. The van der Waals surface area contributed by atoms with Gasteiger partial charge in [0.25, 0.3) is 0 Å². The van der Waals surface area contributed by atoms with Crippen molar-refractivity contribution in [1.82, 2.24) is 4.90 Å². The van der Waals surface area contributed by atoms with E-state index < -0.39 is 0 Å². The summed E-state index contributed by atoms with van der Waals surface area (Å²) in [4.78, 5) is 2.76. The van der Waals surface area contributed by atoms with E-state index in [1.165, 1.54) is 45.1 Å². The first-order valence-electron chi connectivity index (χ1n) is 7.18. The van der Waals surface area contributed by atoms with Gasteiger partial charge in [0.1, 0.15) is 0 Å². The van der Waals surface area contributed by atoms with Crippen LogP contribution in [-0.4, -0.2) is 30.1 Å². The second-order valence-corrected chi connectivity index (χ2v) is 6.08. The molecule has 0 amide bonds. The van der Waals surface area contributed by atoms with Crippen LogP contribution in [0.5, 0.6) is 0 Å². The first kappa shape index (κ1) is 12.4. The minimum atomic E-state index is 0.692. The van der Waals surface area contributed by atoms with Gasteiger partial charge in [-0.2, -0.15) is 0 Å². The van der Waals surface area contributed by atoms with Crippen molar-refractivity contribution in [3.63, 3.8) is 0 Å². The highest BCUT2D eigenvalue weighted by molar-refractivity contribution is 4.88. The van der Waals surface area contributed by atoms with Crippen molar-refractivity contribution in [2.24, 2.45) is 17.6 Å². The number of hydrogen-bond acceptors (Lipinski definition) is 2. The second-order valence-electron chi connectivity index (χ2n) is 6.08. The largest absolute Gasteiger partial charge is 0.330 e. The average molecular weight is 224 g/mol. The Hall–Kier alpha value is -0.0800. The van der Waals surface area contributed by atoms with Gasteiger partial charge in [0, 0.05) is 18.6 Å². The predicted octanol–water partition coefficient (Wildman–Crippen LogP) is 2.62. The molecule has 2 heteroatoms. The zero-order valence-electron chi connectivity index (χ0n) is 11.0. The molecule has 0 spiro atoms. The van der Waals surface area contributed by atoms with E-state index in [0.717, 1.165) is 24.4 Å². The summed E-state index contributed by atoms with van der Waals surface area (Å²) in [5, 5.41) is 0. The van der Waals surface area contributed by atoms with Gasteiger partial charge in [0.05, 0.1) is 0 Å². The van der Waals surface area contributed by atoms with Gasteiger partial charge >= 0.3 is 0 Å². The summed E-state index contributed by atoms with van der Waals surface area (Å²) < 4.78 is 0. The predicted molar refractivity (Wildman–Crippen MR) is 69.4 cm³/mol. The van der Waals surface area contributed by atoms with Crippen LogP contribution in [0.3, 0.4) is 0 Å². The zero-order valence-corrected chi connectivity index (χ0v) is 11.0. The van der Waals surface area contributed by atoms with E-state index in [1.807, 2.05) is 0 Å². The third kappa shape index (κ3) is 2.98. The van der Waals surface area contributed by atoms with Crippen molar-refractivity contribution in [2.75, 3.05) is 13.1 Å². The van der Waals surface area contributed by atoms with Crippen molar-refractivity contribution in [2.45, 2.75) is 64.5 Å². The molecule has 2 nitrogen and oxygen atoms in total. The minimum absolute atomic E-state index is 0.692. The number of hydrogen-bond donors (Lipinski definition) is 1. The van der Waals surface area contributed by atoms with Crippen LogP contribution in [0, 0.1) is 11.8 Å². The first-order valence-corrected chi connectivity index (χ1v) is 7.18. The number of rotatable bonds is 5. The summed E-state index contributed by atoms with van der Waals surface area (Å²) in [5.74, 6) is 1.76. The minimum Gasteiger partial charge on any atom is -0.330 e. The lowest BCUT2D eigenvalue weighted by Gasteiger charge is -2.42. The SMILES string of the molecule is CC(C)N(CC1CC1)C1CCCCC1CN. The molecule has 2 fully saturated rings. The first-order chi connectivity index (χ1) is 7.72. The molecule has 2 rings (SSSR count). The lowest BCUT2D eigenvalue weighted by Crippen LogP contribution is -2.49. The van der Waals surface area contributed by atoms with Gasteiger partial charge in [0.2, 0.25) is 0 Å². The van der Waals surface area contributed by atoms with Gasteiger partial charge in [-0.1, -0.05) is 12.8 Å². The molecule has 2 aliphatic rings. The van der Waals surface area contributed by atoms with Crippen LogP contribution in [0.15, 0.2) is 0 Å². The van der Waals surface area contributed by atoms with Crippen molar-refractivity contribution in [1.29, 1.82) is 0 Å². The molecule has 0 aliphatic heterocycles. The fourth-order valence-electron chi connectivity index (χ4n) is 3.23. The lowest BCUT2D eigenvalue weighted by molar-refractivity contribution is 0.0738. The van der Waals surface area contributed by atoms with E-state index in [0.29, 0.717) is 6.04 Å². The average Bonchev–Trinajstić information content (AvgIpc) is 3.09. The van der Waals surface area contributed by atoms with Crippen LogP contribution in [0.4, 0.5) is 0 Å². The molecule has 2 atom stereocenters. The Morgan fingerprint density at radius 1 is 1.12 bits per heavy atom. The van der Waals surface area contributed by atoms with Crippen LogP contribution < -0.4 is 5.73 Å². The molecule has 0 heterocycles. The molecule has 2 unspecified atom stereocenters. The molecule has 0 aromatic heterocycles. The maximum absolute atomic E-state index is 5.95. The monoisotopic (exact) mass is 224 g/mol. The maximum Gasteiger partial charge on any atom is 0.0138 e. The van der Waals surface area contributed by atoms with Gasteiger partial charge in [-0.05, 0) is 57.9 Å². The highest BCUT2D eigenvalue weighted by Gasteiger charge is 2.34. The highest BCUT2D eigenvalue weighted by Crippen LogP contribution is 2.35. The van der Waals surface area contributed by atoms with Crippen LogP contribution in [0.25, 0.3) is 0 Å². The Kier molecular flexibility index (Phi) is 4.26. The number of nitrogens with two attached hydrogens (primary N) is 1. The van der Waals surface area contributed by atoms with E-state index in [9.17, 15) is 0 Å². The fraction of sp³-hybridized carbons (Fsp3) is 1.00. The summed E-state index contributed by atoms with van der Waals surface area (Å²) in [6.45, 7) is 6.92. The van der Waals surface area contributed by atoms with Crippen molar-refractivity contribution in [3.8, 4) is 0 Å². The Morgan fingerprint density at radius 2 is 1.81 bits per heavy atom. The van der Waals surface area contributed by atoms with Gasteiger partial charge in [-0.25, -0.2) is 0 Å². The van der Waals surface area contributed by atoms with E-state index in [4.69, 9.17) is 5.73 Å². The zero-order chi connectivity index (χ0) is 11.5. The molecule has 0 aromatic carbocycles. The molecule has 0 radical (unpaired) electrons. The molecule has 94 valence electrons. The van der Waals surface area contributed by atoms with Crippen LogP contribution in [-0.2, 0) is 0 Å². The Morgan fingerprint density at radius 3 is 2.38 bits per heavy atom. The fourth-order valence-corrected chi connectivity index (χ4v) is 3.23. The smallest absolute Gasteiger partial charge is 0.0138 e. The van der Waals surface area contributed by atoms with Gasteiger partial charge in [-0.3, -0.25) is 4.90 Å². The van der Waals surface area contributed by atoms with Crippen LogP contribution in [0.1, 0.15) is 52.4 Å². The standard InChI is InChI=1S/C14H28N2/c1-11(2)16(10-12-7-8-12)14-6-4-3-5-13(14)9-15/h11-14H,3-10,15H2,1-2H3. The highest BCUT2D eigenvalue weighted by atomic mass is 15.2. The van der Waals surface area contributed by atoms with E-state index in [-0.39, 0.29) is 0 Å². The lowest BCUT2D eigenvalue weighted by atomic mass is 9.83. The Bertz CT molecular complexity index is 211.